The van der Waals surface area contributed by atoms with Crippen molar-refractivity contribution in [1.82, 2.24) is 0 Å². The largest absolute Gasteiger partial charge is 0.0743 e. The fraction of sp³-hybridized carbons (Fsp3) is 0.200. The van der Waals surface area contributed by atoms with Gasteiger partial charge in [-0.3, -0.25) is 0 Å². The van der Waals surface area contributed by atoms with Gasteiger partial charge in [0.25, 0.3) is 0 Å². The first kappa shape index (κ1) is 17.5. The molecule has 0 saturated heterocycles. The van der Waals surface area contributed by atoms with E-state index in [-0.39, 0.29) is 5.41 Å². The van der Waals surface area contributed by atoms with Gasteiger partial charge in [0, 0.05) is 8.99 Å². The molecule has 2 aliphatic rings. The summed E-state index contributed by atoms with van der Waals surface area (Å²) in [6.45, 7) is 6.75. The van der Waals surface area contributed by atoms with Gasteiger partial charge in [0.05, 0.1) is 0 Å². The van der Waals surface area contributed by atoms with Crippen molar-refractivity contribution in [2.24, 2.45) is 0 Å². The lowest BCUT2D eigenvalue weighted by molar-refractivity contribution is 0.660. The van der Waals surface area contributed by atoms with Gasteiger partial charge in [0.2, 0.25) is 0 Å². The lowest BCUT2D eigenvalue weighted by atomic mass is 9.81. The number of benzene rings is 2. The summed E-state index contributed by atoms with van der Waals surface area (Å²) in [6.07, 6.45) is 12.2. The number of rotatable bonds is 3. The zero-order valence-corrected chi connectivity index (χ0v) is 17.7. The summed E-state index contributed by atoms with van der Waals surface area (Å²) in [4.78, 5) is 0. The molecule has 4 rings (SSSR count). The average molecular weight is 450 g/mol. The molecule has 0 spiro atoms. The van der Waals surface area contributed by atoms with Gasteiger partial charge in [-0.25, -0.2) is 0 Å². The maximum Gasteiger partial charge on any atom is 0.0159 e. The fourth-order valence-electron chi connectivity index (χ4n) is 4.03. The molecule has 0 radical (unpaired) electrons. The highest BCUT2D eigenvalue weighted by molar-refractivity contribution is 14.1. The second kappa shape index (κ2) is 6.70. The predicted octanol–water partition coefficient (Wildman–Crippen LogP) is 7.60. The Bertz CT molecular complexity index is 997. The highest BCUT2D eigenvalue weighted by Gasteiger charge is 2.35. The van der Waals surface area contributed by atoms with Crippen LogP contribution in [0.1, 0.15) is 43.9 Å². The summed E-state index contributed by atoms with van der Waals surface area (Å²) in [5.41, 5.74) is 9.77. The first-order valence-electron chi connectivity index (χ1n) is 9.16. The third-order valence-corrected chi connectivity index (χ3v) is 6.53. The monoisotopic (exact) mass is 450 g/mol. The molecular formula is C25H23I. The molecule has 0 unspecified atom stereocenters. The molecule has 0 fully saturated rings. The minimum absolute atomic E-state index is 0.0651. The number of fused-ring (bicyclic) bond motifs is 3. The van der Waals surface area contributed by atoms with Gasteiger partial charge in [-0.1, -0.05) is 74.5 Å². The summed E-state index contributed by atoms with van der Waals surface area (Å²) >= 11 is 2.36. The van der Waals surface area contributed by atoms with Crippen LogP contribution in [0.5, 0.6) is 0 Å². The minimum atomic E-state index is 0.0651. The Morgan fingerprint density at radius 3 is 2.62 bits per heavy atom. The molecule has 0 nitrogen and oxygen atoms in total. The van der Waals surface area contributed by atoms with E-state index in [1.54, 1.807) is 0 Å². The van der Waals surface area contributed by atoms with Crippen LogP contribution in [0, 0.1) is 0 Å². The van der Waals surface area contributed by atoms with Gasteiger partial charge in [-0.05, 0) is 87.0 Å². The van der Waals surface area contributed by atoms with Crippen molar-refractivity contribution in [2.45, 2.75) is 32.6 Å². The lowest BCUT2D eigenvalue weighted by Gasteiger charge is -2.22. The smallest absolute Gasteiger partial charge is 0.0159 e. The third-order valence-electron chi connectivity index (χ3n) is 5.55. The third kappa shape index (κ3) is 2.92. The van der Waals surface area contributed by atoms with Crippen molar-refractivity contribution in [1.29, 1.82) is 0 Å². The van der Waals surface area contributed by atoms with Crippen LogP contribution in [0.15, 0.2) is 82.0 Å². The van der Waals surface area contributed by atoms with Crippen LogP contribution < -0.4 is 0 Å². The van der Waals surface area contributed by atoms with Gasteiger partial charge in [0.15, 0.2) is 0 Å². The average Bonchev–Trinajstić information content (AvgIpc) is 3.22. The predicted molar refractivity (Wildman–Crippen MR) is 122 cm³/mol. The van der Waals surface area contributed by atoms with Crippen LogP contribution >= 0.6 is 22.6 Å². The zero-order chi connectivity index (χ0) is 18.3. The van der Waals surface area contributed by atoms with Crippen molar-refractivity contribution in [3.63, 3.8) is 0 Å². The molecular weight excluding hydrogens is 427 g/mol. The minimum Gasteiger partial charge on any atom is -0.0743 e. The van der Waals surface area contributed by atoms with Gasteiger partial charge in [-0.15, -0.1) is 0 Å². The molecule has 0 aromatic heterocycles. The number of hydrogen-bond donors (Lipinski definition) is 0. The Labute approximate surface area is 170 Å². The molecule has 0 aliphatic heterocycles. The first-order chi connectivity index (χ1) is 12.5. The van der Waals surface area contributed by atoms with E-state index < -0.39 is 0 Å². The fourth-order valence-corrected chi connectivity index (χ4v) is 4.21. The first-order valence-corrected chi connectivity index (χ1v) is 10.2. The van der Waals surface area contributed by atoms with Gasteiger partial charge >= 0.3 is 0 Å². The lowest BCUT2D eigenvalue weighted by Crippen LogP contribution is -2.15. The summed E-state index contributed by atoms with van der Waals surface area (Å²) in [7, 11) is 0. The number of halogens is 1. The van der Waals surface area contributed by atoms with E-state index in [1.165, 1.54) is 42.5 Å². The van der Waals surface area contributed by atoms with Crippen molar-refractivity contribution in [3.05, 3.63) is 98.7 Å². The molecule has 0 N–H and O–H groups in total. The van der Waals surface area contributed by atoms with E-state index in [1.807, 2.05) is 0 Å². The Morgan fingerprint density at radius 2 is 1.81 bits per heavy atom. The molecule has 2 aliphatic carbocycles. The molecule has 2 aromatic rings. The Kier molecular flexibility index (Phi) is 4.52. The van der Waals surface area contributed by atoms with E-state index >= 15 is 0 Å². The summed E-state index contributed by atoms with van der Waals surface area (Å²) in [6, 6.07) is 15.8. The van der Waals surface area contributed by atoms with E-state index in [9.17, 15) is 0 Å². The van der Waals surface area contributed by atoms with E-state index in [0.29, 0.717) is 0 Å². The quantitative estimate of drug-likeness (QED) is 0.334. The summed E-state index contributed by atoms with van der Waals surface area (Å²) in [5.74, 6) is 0. The molecule has 1 heteroatoms. The van der Waals surface area contributed by atoms with Crippen molar-refractivity contribution in [2.75, 3.05) is 0 Å². The summed E-state index contributed by atoms with van der Waals surface area (Å²) < 4.78 is 1.27. The van der Waals surface area contributed by atoms with Crippen molar-refractivity contribution in [3.8, 4) is 11.1 Å². The van der Waals surface area contributed by atoms with Gasteiger partial charge in [-0.2, -0.15) is 0 Å². The standard InChI is InChI=1S/C25H23I/c1-4-20(26)13-10-17-9-11-18(15-17)19-12-14-22-21-7-5-6-8-23(21)25(2,3)24(22)16-19/h4-8,10-16H,9H2,1-3H3/b13-10-,20-4+. The molecule has 26 heavy (non-hydrogen) atoms. The van der Waals surface area contributed by atoms with Crippen LogP contribution in [0.3, 0.4) is 0 Å². The molecule has 0 bridgehead atoms. The summed E-state index contributed by atoms with van der Waals surface area (Å²) in [5, 5.41) is 0. The highest BCUT2D eigenvalue weighted by Crippen LogP contribution is 2.49. The zero-order valence-electron chi connectivity index (χ0n) is 15.5. The molecule has 0 heterocycles. The normalized spacial score (nSPS) is 17.9. The highest BCUT2D eigenvalue weighted by atomic mass is 127. The van der Waals surface area contributed by atoms with Crippen LogP contribution in [-0.2, 0) is 5.41 Å². The van der Waals surface area contributed by atoms with Crippen LogP contribution in [0.25, 0.3) is 16.7 Å². The molecule has 130 valence electrons. The molecule has 0 atom stereocenters. The topological polar surface area (TPSA) is 0 Å². The van der Waals surface area contributed by atoms with E-state index in [4.69, 9.17) is 0 Å². The van der Waals surface area contributed by atoms with Crippen LogP contribution in [-0.4, -0.2) is 0 Å². The number of hydrogen-bond acceptors (Lipinski definition) is 0. The van der Waals surface area contributed by atoms with Gasteiger partial charge < -0.3 is 0 Å². The van der Waals surface area contributed by atoms with Crippen LogP contribution in [0.4, 0.5) is 0 Å². The van der Waals surface area contributed by atoms with Crippen molar-refractivity contribution < 1.29 is 0 Å². The second-order valence-corrected chi connectivity index (χ2v) is 8.77. The Balaban J connectivity index is 1.69. The van der Waals surface area contributed by atoms with Gasteiger partial charge in [0.1, 0.15) is 0 Å². The molecule has 0 saturated carbocycles. The Morgan fingerprint density at radius 1 is 1.04 bits per heavy atom. The maximum atomic E-state index is 2.40. The number of allylic oxidation sites excluding steroid dienone is 8. The van der Waals surface area contributed by atoms with E-state index in [0.717, 1.165) is 6.42 Å². The van der Waals surface area contributed by atoms with Crippen molar-refractivity contribution >= 4 is 28.2 Å². The van der Waals surface area contributed by atoms with Crippen LogP contribution in [0.2, 0.25) is 0 Å². The Hall–Kier alpha value is -1.87. The van der Waals surface area contributed by atoms with E-state index in [2.05, 4.69) is 116 Å². The molecule has 0 amide bonds. The molecule has 2 aromatic carbocycles. The maximum absolute atomic E-state index is 2.40. The second-order valence-electron chi connectivity index (χ2n) is 7.52. The SMILES string of the molecule is C/C=C(I)\C=C/C1=CC(c2ccc3c(c2)C(C)(C)c2ccccc2-3)=CC1.